The first kappa shape index (κ1) is 10.3. The van der Waals surface area contributed by atoms with Crippen molar-refractivity contribution in [3.8, 4) is 0 Å². The molecule has 15 heavy (non-hydrogen) atoms. The van der Waals surface area contributed by atoms with Crippen LogP contribution in [0.4, 0.5) is 10.3 Å². The van der Waals surface area contributed by atoms with Crippen LogP contribution in [0, 0.1) is 11.7 Å². The summed E-state index contributed by atoms with van der Waals surface area (Å²) in [6.07, 6.45) is 4.40. The quantitative estimate of drug-likeness (QED) is 0.787. The minimum atomic E-state index is -0.422. The predicted octanol–water partition coefficient (Wildman–Crippen LogP) is 0.824. The number of hydrogen-bond donors (Lipinski definition) is 1. The van der Waals surface area contributed by atoms with Gasteiger partial charge in [0.25, 0.3) is 0 Å². The Morgan fingerprint density at radius 2 is 2.20 bits per heavy atom. The smallest absolute Gasteiger partial charge is 0.225 e. The highest BCUT2D eigenvalue weighted by Crippen LogP contribution is 2.19. The second-order valence-electron chi connectivity index (χ2n) is 3.84. The summed E-state index contributed by atoms with van der Waals surface area (Å²) in [5.41, 5.74) is 0. The Bertz CT molecular complexity index is 317. The van der Waals surface area contributed by atoms with Crippen LogP contribution in [0.25, 0.3) is 0 Å². The molecule has 0 amide bonds. The summed E-state index contributed by atoms with van der Waals surface area (Å²) in [5.74, 6) is 0.413. The highest BCUT2D eigenvalue weighted by Gasteiger charge is 2.20. The normalized spacial score (nSPS) is 21.7. The zero-order valence-electron chi connectivity index (χ0n) is 8.43. The number of aromatic nitrogens is 2. The number of piperidine rings is 1. The SMILES string of the molecule is OC[C@H]1CCCN(c2ncc(F)cn2)C1. The van der Waals surface area contributed by atoms with E-state index in [1.54, 1.807) is 0 Å². The fourth-order valence-electron chi connectivity index (χ4n) is 1.86. The molecule has 0 saturated carbocycles. The minimum absolute atomic E-state index is 0.192. The van der Waals surface area contributed by atoms with Gasteiger partial charge < -0.3 is 10.0 Å². The Labute approximate surface area is 87.8 Å². The van der Waals surface area contributed by atoms with Crippen LogP contribution in [0.5, 0.6) is 0 Å². The van der Waals surface area contributed by atoms with Gasteiger partial charge in [0.1, 0.15) is 0 Å². The van der Waals surface area contributed by atoms with Crippen LogP contribution in [0.15, 0.2) is 12.4 Å². The van der Waals surface area contributed by atoms with Gasteiger partial charge in [-0.15, -0.1) is 0 Å². The summed E-state index contributed by atoms with van der Waals surface area (Å²) in [7, 11) is 0. The number of rotatable bonds is 2. The number of nitrogens with zero attached hydrogens (tertiary/aromatic N) is 3. The highest BCUT2D eigenvalue weighted by atomic mass is 19.1. The Kier molecular flexibility index (Phi) is 3.11. The number of aliphatic hydroxyl groups excluding tert-OH is 1. The van der Waals surface area contributed by atoms with E-state index in [1.165, 1.54) is 12.4 Å². The Hall–Kier alpha value is -1.23. The summed E-state index contributed by atoms with van der Waals surface area (Å²) in [5, 5.41) is 9.07. The standard InChI is InChI=1S/C10H14FN3O/c11-9-4-12-10(13-5-9)14-3-1-2-8(6-14)7-15/h4-5,8,15H,1-3,6-7H2/t8-/m0/s1. The van der Waals surface area contributed by atoms with Crippen LogP contribution >= 0.6 is 0 Å². The molecule has 1 atom stereocenters. The monoisotopic (exact) mass is 211 g/mol. The van der Waals surface area contributed by atoms with Crippen LogP contribution in [-0.4, -0.2) is 34.8 Å². The number of hydrogen-bond acceptors (Lipinski definition) is 4. The Morgan fingerprint density at radius 1 is 1.47 bits per heavy atom. The maximum Gasteiger partial charge on any atom is 0.225 e. The van der Waals surface area contributed by atoms with Gasteiger partial charge in [-0.25, -0.2) is 14.4 Å². The van der Waals surface area contributed by atoms with Crippen molar-refractivity contribution in [1.29, 1.82) is 0 Å². The zero-order chi connectivity index (χ0) is 10.7. The van der Waals surface area contributed by atoms with Crippen molar-refractivity contribution in [2.75, 3.05) is 24.6 Å². The molecule has 0 aromatic carbocycles. The first-order valence-electron chi connectivity index (χ1n) is 5.13. The van der Waals surface area contributed by atoms with Gasteiger partial charge in [0.15, 0.2) is 5.82 Å². The molecular formula is C10H14FN3O. The van der Waals surface area contributed by atoms with Crippen molar-refractivity contribution >= 4 is 5.95 Å². The number of aliphatic hydroxyl groups is 1. The van der Waals surface area contributed by atoms with Crippen molar-refractivity contribution in [2.45, 2.75) is 12.8 Å². The van der Waals surface area contributed by atoms with Gasteiger partial charge >= 0.3 is 0 Å². The second-order valence-corrected chi connectivity index (χ2v) is 3.84. The minimum Gasteiger partial charge on any atom is -0.396 e. The van der Waals surface area contributed by atoms with E-state index in [2.05, 4.69) is 9.97 Å². The molecule has 4 nitrogen and oxygen atoms in total. The largest absolute Gasteiger partial charge is 0.396 e. The molecule has 0 spiro atoms. The van der Waals surface area contributed by atoms with Gasteiger partial charge in [-0.2, -0.15) is 0 Å². The molecule has 5 heteroatoms. The van der Waals surface area contributed by atoms with Gasteiger partial charge in [0, 0.05) is 19.7 Å². The van der Waals surface area contributed by atoms with E-state index in [1.807, 2.05) is 4.90 Å². The molecule has 1 saturated heterocycles. The van der Waals surface area contributed by atoms with Crippen LogP contribution in [0.1, 0.15) is 12.8 Å². The van der Waals surface area contributed by atoms with Crippen molar-refractivity contribution < 1.29 is 9.50 Å². The van der Waals surface area contributed by atoms with Gasteiger partial charge in [0.05, 0.1) is 12.4 Å². The summed E-state index contributed by atoms with van der Waals surface area (Å²) in [4.78, 5) is 9.85. The average molecular weight is 211 g/mol. The molecule has 2 rings (SSSR count). The average Bonchev–Trinajstić information content (AvgIpc) is 2.30. The van der Waals surface area contributed by atoms with E-state index in [0.717, 1.165) is 25.9 Å². The molecule has 1 aliphatic rings. The third kappa shape index (κ3) is 2.41. The molecule has 2 heterocycles. The number of halogens is 1. The van der Waals surface area contributed by atoms with E-state index in [0.29, 0.717) is 5.95 Å². The highest BCUT2D eigenvalue weighted by molar-refractivity contribution is 5.29. The fraction of sp³-hybridized carbons (Fsp3) is 0.600. The summed E-state index contributed by atoms with van der Waals surface area (Å²) in [6, 6.07) is 0. The van der Waals surface area contributed by atoms with Crippen LogP contribution < -0.4 is 4.90 Å². The molecule has 82 valence electrons. The van der Waals surface area contributed by atoms with Crippen molar-refractivity contribution in [3.63, 3.8) is 0 Å². The molecule has 1 N–H and O–H groups in total. The number of anilines is 1. The first-order valence-corrected chi connectivity index (χ1v) is 5.13. The zero-order valence-corrected chi connectivity index (χ0v) is 8.43. The lowest BCUT2D eigenvalue weighted by Crippen LogP contribution is -2.37. The topological polar surface area (TPSA) is 49.2 Å². The van der Waals surface area contributed by atoms with Crippen molar-refractivity contribution in [3.05, 3.63) is 18.2 Å². The molecule has 1 aliphatic heterocycles. The maximum atomic E-state index is 12.6. The predicted molar refractivity (Wildman–Crippen MR) is 54.0 cm³/mol. The third-order valence-electron chi connectivity index (χ3n) is 2.67. The van der Waals surface area contributed by atoms with Gasteiger partial charge in [-0.3, -0.25) is 0 Å². The molecule has 0 bridgehead atoms. The van der Waals surface area contributed by atoms with Crippen molar-refractivity contribution in [1.82, 2.24) is 9.97 Å². The summed E-state index contributed by atoms with van der Waals surface area (Å²) in [6.45, 7) is 1.82. The first-order chi connectivity index (χ1) is 7.29. The van der Waals surface area contributed by atoms with Crippen molar-refractivity contribution in [2.24, 2.45) is 5.92 Å². The van der Waals surface area contributed by atoms with Crippen LogP contribution in [0.2, 0.25) is 0 Å². The van der Waals surface area contributed by atoms with Gasteiger partial charge in [-0.05, 0) is 18.8 Å². The van der Waals surface area contributed by atoms with Crippen LogP contribution in [-0.2, 0) is 0 Å². The maximum absolute atomic E-state index is 12.6. The van der Waals surface area contributed by atoms with E-state index >= 15 is 0 Å². The summed E-state index contributed by atoms with van der Waals surface area (Å²) >= 11 is 0. The third-order valence-corrected chi connectivity index (χ3v) is 2.67. The molecule has 0 radical (unpaired) electrons. The molecule has 0 unspecified atom stereocenters. The lowest BCUT2D eigenvalue weighted by atomic mass is 9.99. The van der Waals surface area contributed by atoms with E-state index in [-0.39, 0.29) is 12.5 Å². The van der Waals surface area contributed by atoms with E-state index < -0.39 is 5.82 Å². The van der Waals surface area contributed by atoms with Gasteiger partial charge in [0.2, 0.25) is 5.95 Å². The summed E-state index contributed by atoms with van der Waals surface area (Å²) < 4.78 is 12.6. The molecule has 1 aromatic rings. The molecule has 0 aliphatic carbocycles. The van der Waals surface area contributed by atoms with E-state index in [9.17, 15) is 4.39 Å². The lowest BCUT2D eigenvalue weighted by Gasteiger charge is -2.31. The molecular weight excluding hydrogens is 197 g/mol. The Balaban J connectivity index is 2.06. The Morgan fingerprint density at radius 3 is 2.87 bits per heavy atom. The molecule has 1 aromatic heterocycles. The van der Waals surface area contributed by atoms with Gasteiger partial charge in [-0.1, -0.05) is 0 Å². The lowest BCUT2D eigenvalue weighted by molar-refractivity contribution is 0.208. The molecule has 1 fully saturated rings. The van der Waals surface area contributed by atoms with E-state index in [4.69, 9.17) is 5.11 Å². The second kappa shape index (κ2) is 4.53. The van der Waals surface area contributed by atoms with Crippen LogP contribution in [0.3, 0.4) is 0 Å². The fourth-order valence-corrected chi connectivity index (χ4v) is 1.86.